The van der Waals surface area contributed by atoms with Gasteiger partial charge in [-0.05, 0) is 75.3 Å². The zero-order valence-corrected chi connectivity index (χ0v) is 40.0. The molecule has 19 heteroatoms. The van der Waals surface area contributed by atoms with Gasteiger partial charge in [-0.2, -0.15) is 15.2 Å². The van der Waals surface area contributed by atoms with Crippen LogP contribution < -0.4 is 31.5 Å². The number of amides is 4. The molecule has 0 spiro atoms. The Labute approximate surface area is 402 Å². The van der Waals surface area contributed by atoms with Gasteiger partial charge in [0.05, 0.1) is 24.2 Å². The molecule has 2 fully saturated rings. The van der Waals surface area contributed by atoms with E-state index in [0.29, 0.717) is 93.5 Å². The van der Waals surface area contributed by atoms with Gasteiger partial charge in [-0.3, -0.25) is 29.6 Å². The average molecular weight is 948 g/mol. The van der Waals surface area contributed by atoms with Crippen LogP contribution in [0, 0.1) is 19.7 Å². The molecular formula is C50H66FN13O5. The van der Waals surface area contributed by atoms with Crippen LogP contribution >= 0.6 is 0 Å². The fourth-order valence-corrected chi connectivity index (χ4v) is 8.95. The van der Waals surface area contributed by atoms with Crippen molar-refractivity contribution in [1.29, 1.82) is 0 Å². The van der Waals surface area contributed by atoms with E-state index in [1.165, 1.54) is 10.9 Å². The maximum atomic E-state index is 14.3. The minimum Gasteiger partial charge on any atom is -0.385 e. The number of unbranched alkanes of at least 4 members (excludes halogenated alkanes) is 7. The Morgan fingerprint density at radius 2 is 1.70 bits per heavy atom. The number of nitrogens with zero attached hydrogens (tertiary/aromatic N) is 7. The minimum absolute atomic E-state index is 0.00504. The van der Waals surface area contributed by atoms with E-state index in [1.54, 1.807) is 19.4 Å². The van der Waals surface area contributed by atoms with Crippen molar-refractivity contribution in [3.63, 3.8) is 0 Å². The van der Waals surface area contributed by atoms with Crippen molar-refractivity contribution in [3.05, 3.63) is 95.5 Å². The fraction of sp³-hybridized carbons (Fsp3) is 0.500. The van der Waals surface area contributed by atoms with E-state index in [1.807, 2.05) is 56.3 Å². The van der Waals surface area contributed by atoms with E-state index in [9.17, 15) is 23.6 Å². The highest BCUT2D eigenvalue weighted by Crippen LogP contribution is 2.30. The summed E-state index contributed by atoms with van der Waals surface area (Å²) in [7, 11) is 1.61. The predicted molar refractivity (Wildman–Crippen MR) is 261 cm³/mol. The summed E-state index contributed by atoms with van der Waals surface area (Å²) >= 11 is 0. The number of aryl methyl sites for hydroxylation is 2. The Kier molecular flexibility index (Phi) is 17.8. The number of pyridine rings is 1. The number of benzene rings is 1. The topological polar surface area (TPSA) is 226 Å². The molecule has 0 aliphatic carbocycles. The lowest BCUT2D eigenvalue weighted by Crippen LogP contribution is -2.57. The molecule has 368 valence electrons. The molecule has 1 unspecified atom stereocenters. The standard InChI is InChI=1S/C50H66FN13O5/c1-34-28-42(57-43-29-35(2)61-62-43)58-49(56-34)63-26-22-50(69-3,23-27-63)60-48(68)40(37-18-20-44(54-31-37)64-33-38(51)32-55-64)16-13-25-53-45(65)17-10-8-6-4-5-7-9-11-24-52-39-15-12-14-36(30-39)41-19-21-46(66)59-47(41)67/h12,14-15,18,20,28-33,40-41,52H,4-11,13,16-17,19,21-27H2,1-3H3,(H,53,65)(H,60,68)(H,59,66,67)(H2,56,57,58,61,62)/t40-,41?/m0/s1. The van der Waals surface area contributed by atoms with Gasteiger partial charge in [0.25, 0.3) is 0 Å². The zero-order valence-electron chi connectivity index (χ0n) is 40.0. The van der Waals surface area contributed by atoms with Crippen LogP contribution in [-0.4, -0.2) is 97.6 Å². The van der Waals surface area contributed by atoms with E-state index < -0.39 is 17.5 Å². The number of ether oxygens (including phenoxy) is 1. The zero-order chi connectivity index (χ0) is 48.6. The third-order valence-corrected chi connectivity index (χ3v) is 12.9. The summed E-state index contributed by atoms with van der Waals surface area (Å²) in [6.07, 6.45) is 15.9. The number of halogens is 1. The molecule has 69 heavy (non-hydrogen) atoms. The van der Waals surface area contributed by atoms with Crippen molar-refractivity contribution >= 4 is 46.9 Å². The number of aromatic amines is 1. The molecule has 1 aromatic carbocycles. The Hall–Kier alpha value is -6.76. The fourth-order valence-electron chi connectivity index (χ4n) is 8.95. The summed E-state index contributed by atoms with van der Waals surface area (Å²) in [4.78, 5) is 66.9. The molecule has 2 saturated heterocycles. The first-order valence-corrected chi connectivity index (χ1v) is 24.3. The van der Waals surface area contributed by atoms with Gasteiger partial charge in [-0.15, -0.1) is 0 Å². The van der Waals surface area contributed by atoms with E-state index >= 15 is 0 Å². The molecule has 2 aliphatic heterocycles. The lowest BCUT2D eigenvalue weighted by molar-refractivity contribution is -0.136. The molecule has 2 aliphatic rings. The van der Waals surface area contributed by atoms with Gasteiger partial charge in [-0.25, -0.2) is 19.0 Å². The van der Waals surface area contributed by atoms with Gasteiger partial charge in [-0.1, -0.05) is 56.7 Å². The number of H-pyrrole nitrogens is 1. The van der Waals surface area contributed by atoms with Crippen LogP contribution in [0.4, 0.5) is 27.7 Å². The van der Waals surface area contributed by atoms with Crippen molar-refractivity contribution in [2.24, 2.45) is 0 Å². The lowest BCUT2D eigenvalue weighted by Gasteiger charge is -2.42. The van der Waals surface area contributed by atoms with Crippen molar-refractivity contribution in [1.82, 2.24) is 50.9 Å². The Balaban J connectivity index is 0.813. The summed E-state index contributed by atoms with van der Waals surface area (Å²) in [6, 6.07) is 15.2. The van der Waals surface area contributed by atoms with Crippen molar-refractivity contribution in [2.45, 2.75) is 128 Å². The second-order valence-corrected chi connectivity index (χ2v) is 18.2. The van der Waals surface area contributed by atoms with E-state index in [0.717, 1.165) is 86.7 Å². The Morgan fingerprint density at radius 3 is 2.39 bits per heavy atom. The molecule has 7 rings (SSSR count). The lowest BCUT2D eigenvalue weighted by atomic mass is 9.90. The quantitative estimate of drug-likeness (QED) is 0.0194. The van der Waals surface area contributed by atoms with Gasteiger partial charge in [0, 0.05) is 94.4 Å². The van der Waals surface area contributed by atoms with E-state index in [4.69, 9.17) is 14.7 Å². The summed E-state index contributed by atoms with van der Waals surface area (Å²) in [5.74, 6) is 0.305. The third kappa shape index (κ3) is 14.6. The van der Waals surface area contributed by atoms with E-state index in [-0.39, 0.29) is 29.5 Å². The molecule has 2 atom stereocenters. The molecule has 0 saturated carbocycles. The molecule has 4 amide bonds. The first kappa shape index (κ1) is 50.1. The van der Waals surface area contributed by atoms with Crippen molar-refractivity contribution < 1.29 is 28.3 Å². The molecule has 6 N–H and O–H groups in total. The van der Waals surface area contributed by atoms with Crippen LogP contribution in [0.15, 0.2) is 67.1 Å². The number of imide groups is 1. The number of aromatic nitrogens is 7. The SMILES string of the molecule is COC1(NC(=O)[C@@H](CCCNC(=O)CCCCCCCCCCNc2cccc(C3CCC(=O)NC3=O)c2)c2ccc(-n3cc(F)cn3)nc2)CCN(c2nc(C)cc(Nc3cc(C)[nH]n3)n2)CC1. The van der Waals surface area contributed by atoms with Crippen LogP contribution in [0.2, 0.25) is 0 Å². The normalized spacial score (nSPS) is 16.2. The summed E-state index contributed by atoms with van der Waals surface area (Å²) in [5, 5.41) is 26.6. The Morgan fingerprint density at radius 1 is 0.913 bits per heavy atom. The molecule has 18 nitrogen and oxygen atoms in total. The number of methoxy groups -OCH3 is 1. The van der Waals surface area contributed by atoms with Crippen LogP contribution in [-0.2, 0) is 23.9 Å². The Bertz CT molecular complexity index is 2490. The van der Waals surface area contributed by atoms with Gasteiger partial charge >= 0.3 is 0 Å². The largest absolute Gasteiger partial charge is 0.385 e. The number of carbonyl (C=O) groups excluding carboxylic acids is 4. The second kappa shape index (κ2) is 24.5. The van der Waals surface area contributed by atoms with Gasteiger partial charge in [0.15, 0.2) is 17.5 Å². The minimum atomic E-state index is -0.924. The molecule has 0 radical (unpaired) electrons. The van der Waals surface area contributed by atoms with Gasteiger partial charge < -0.3 is 30.9 Å². The number of nitrogens with one attached hydrogen (secondary N) is 6. The van der Waals surface area contributed by atoms with Crippen molar-refractivity contribution in [3.8, 4) is 5.82 Å². The van der Waals surface area contributed by atoms with Crippen molar-refractivity contribution in [2.75, 3.05) is 48.8 Å². The van der Waals surface area contributed by atoms with Crippen LogP contribution in [0.1, 0.15) is 131 Å². The molecule has 6 heterocycles. The highest BCUT2D eigenvalue weighted by Gasteiger charge is 2.39. The molecule has 4 aromatic heterocycles. The number of carbonyl (C=O) groups is 4. The molecule has 0 bridgehead atoms. The van der Waals surface area contributed by atoms with Crippen LogP contribution in [0.5, 0.6) is 0 Å². The monoisotopic (exact) mass is 948 g/mol. The number of hydrogen-bond donors (Lipinski definition) is 6. The molecule has 5 aromatic rings. The third-order valence-electron chi connectivity index (χ3n) is 12.9. The first-order chi connectivity index (χ1) is 33.5. The number of piperidine rings is 2. The number of anilines is 4. The summed E-state index contributed by atoms with van der Waals surface area (Å²) < 4.78 is 21.1. The maximum absolute atomic E-state index is 14.3. The van der Waals surface area contributed by atoms with Gasteiger partial charge in [0.2, 0.25) is 29.6 Å². The van der Waals surface area contributed by atoms with Crippen LogP contribution in [0.3, 0.4) is 0 Å². The first-order valence-electron chi connectivity index (χ1n) is 24.3. The van der Waals surface area contributed by atoms with Gasteiger partial charge in [0.1, 0.15) is 11.5 Å². The van der Waals surface area contributed by atoms with Crippen LogP contribution in [0.25, 0.3) is 5.82 Å². The highest BCUT2D eigenvalue weighted by molar-refractivity contribution is 6.01. The second-order valence-electron chi connectivity index (χ2n) is 18.2. The maximum Gasteiger partial charge on any atom is 0.234 e. The summed E-state index contributed by atoms with van der Waals surface area (Å²) in [5.41, 5.74) is 3.42. The molecular weight excluding hydrogens is 882 g/mol. The van der Waals surface area contributed by atoms with E-state index in [2.05, 4.69) is 51.8 Å². The average Bonchev–Trinajstić information content (AvgIpc) is 3.97. The number of hydrogen-bond acceptors (Lipinski definition) is 13. The highest BCUT2D eigenvalue weighted by atomic mass is 19.1. The predicted octanol–water partition coefficient (Wildman–Crippen LogP) is 7.16. The number of rotatable bonds is 25. The smallest absolute Gasteiger partial charge is 0.234 e. The summed E-state index contributed by atoms with van der Waals surface area (Å²) in [6.45, 7) is 6.21.